The predicted molar refractivity (Wildman–Crippen MR) is 96.0 cm³/mol. The maximum absolute atomic E-state index is 12.9. The number of sulfone groups is 1. The van der Waals surface area contributed by atoms with Crippen molar-refractivity contribution in [1.29, 1.82) is 0 Å². The van der Waals surface area contributed by atoms with Crippen LogP contribution in [0.4, 0.5) is 4.39 Å². The molecular weight excluding hydrogens is 391 g/mol. The zero-order valence-electron chi connectivity index (χ0n) is 15.1. The SMILES string of the molecule is O=C(NCCN1CCOCC1)c1nc(CCS(=O)(=O)c2ccc(F)cc2)no1. The van der Waals surface area contributed by atoms with Crippen LogP contribution in [0.15, 0.2) is 33.7 Å². The third-order valence-corrected chi connectivity index (χ3v) is 5.98. The summed E-state index contributed by atoms with van der Waals surface area (Å²) in [6, 6.07) is 4.57. The minimum Gasteiger partial charge on any atom is -0.379 e. The Balaban J connectivity index is 1.47. The number of carbonyl (C=O) groups is 1. The van der Waals surface area contributed by atoms with E-state index in [2.05, 4.69) is 20.4 Å². The molecule has 11 heteroatoms. The largest absolute Gasteiger partial charge is 0.379 e. The van der Waals surface area contributed by atoms with Crippen LogP contribution in [0.3, 0.4) is 0 Å². The van der Waals surface area contributed by atoms with Gasteiger partial charge in [-0.25, -0.2) is 12.8 Å². The van der Waals surface area contributed by atoms with Gasteiger partial charge in [0.1, 0.15) is 5.82 Å². The molecule has 152 valence electrons. The van der Waals surface area contributed by atoms with E-state index in [1.807, 2.05) is 0 Å². The normalized spacial score (nSPS) is 15.5. The van der Waals surface area contributed by atoms with E-state index in [9.17, 15) is 17.6 Å². The van der Waals surface area contributed by atoms with Crippen molar-refractivity contribution in [3.63, 3.8) is 0 Å². The zero-order chi connectivity index (χ0) is 20.0. The second-order valence-corrected chi connectivity index (χ2v) is 8.36. The fourth-order valence-corrected chi connectivity index (χ4v) is 3.90. The third-order valence-electron chi connectivity index (χ3n) is 4.25. The van der Waals surface area contributed by atoms with Gasteiger partial charge in [-0.15, -0.1) is 0 Å². The molecule has 3 rings (SSSR count). The number of nitrogens with one attached hydrogen (secondary N) is 1. The summed E-state index contributed by atoms with van der Waals surface area (Å²) in [5.74, 6) is -1.40. The first-order valence-corrected chi connectivity index (χ1v) is 10.5. The molecule has 1 N–H and O–H groups in total. The van der Waals surface area contributed by atoms with Crippen molar-refractivity contribution in [2.24, 2.45) is 0 Å². The molecule has 1 saturated heterocycles. The van der Waals surface area contributed by atoms with Gasteiger partial charge in [0.05, 0.1) is 23.9 Å². The highest BCUT2D eigenvalue weighted by Gasteiger charge is 2.19. The van der Waals surface area contributed by atoms with E-state index in [-0.39, 0.29) is 28.8 Å². The van der Waals surface area contributed by atoms with Gasteiger partial charge >= 0.3 is 11.8 Å². The Morgan fingerprint density at radius 1 is 1.21 bits per heavy atom. The maximum Gasteiger partial charge on any atom is 0.315 e. The molecule has 1 aliphatic rings. The Labute approximate surface area is 161 Å². The van der Waals surface area contributed by atoms with Crippen LogP contribution in [0.1, 0.15) is 16.5 Å². The number of morpholine rings is 1. The molecule has 1 amide bonds. The van der Waals surface area contributed by atoms with E-state index in [0.29, 0.717) is 26.3 Å². The lowest BCUT2D eigenvalue weighted by Crippen LogP contribution is -2.41. The van der Waals surface area contributed by atoms with Crippen molar-refractivity contribution >= 4 is 15.7 Å². The molecule has 0 spiro atoms. The molecule has 0 radical (unpaired) electrons. The van der Waals surface area contributed by atoms with Crippen LogP contribution in [-0.4, -0.2) is 74.5 Å². The lowest BCUT2D eigenvalue weighted by atomic mass is 10.4. The van der Waals surface area contributed by atoms with Gasteiger partial charge in [-0.2, -0.15) is 4.98 Å². The molecule has 9 nitrogen and oxygen atoms in total. The Morgan fingerprint density at radius 2 is 1.93 bits per heavy atom. The summed E-state index contributed by atoms with van der Waals surface area (Å²) in [4.78, 5) is 18.2. The van der Waals surface area contributed by atoms with Gasteiger partial charge in [0, 0.05) is 32.6 Å². The van der Waals surface area contributed by atoms with Crippen LogP contribution in [0.5, 0.6) is 0 Å². The first-order valence-electron chi connectivity index (χ1n) is 8.83. The Morgan fingerprint density at radius 3 is 2.64 bits per heavy atom. The van der Waals surface area contributed by atoms with Crippen molar-refractivity contribution in [2.75, 3.05) is 45.1 Å². The zero-order valence-corrected chi connectivity index (χ0v) is 16.0. The molecule has 1 aromatic heterocycles. The van der Waals surface area contributed by atoms with E-state index < -0.39 is 21.6 Å². The highest BCUT2D eigenvalue weighted by molar-refractivity contribution is 7.91. The minimum atomic E-state index is -3.62. The van der Waals surface area contributed by atoms with E-state index >= 15 is 0 Å². The molecule has 1 fully saturated rings. The van der Waals surface area contributed by atoms with Gasteiger partial charge in [-0.1, -0.05) is 5.16 Å². The van der Waals surface area contributed by atoms with Gasteiger partial charge in [0.2, 0.25) is 0 Å². The molecule has 0 bridgehead atoms. The number of ether oxygens (including phenoxy) is 1. The van der Waals surface area contributed by atoms with Crippen LogP contribution >= 0.6 is 0 Å². The van der Waals surface area contributed by atoms with Crippen molar-refractivity contribution in [3.8, 4) is 0 Å². The summed E-state index contributed by atoms with van der Waals surface area (Å²) in [7, 11) is -3.62. The number of nitrogens with zero attached hydrogens (tertiary/aromatic N) is 3. The molecule has 0 saturated carbocycles. The summed E-state index contributed by atoms with van der Waals surface area (Å²) in [5, 5.41) is 6.34. The molecule has 0 unspecified atom stereocenters. The predicted octanol–water partition coefficient (Wildman–Crippen LogP) is 0.287. The first-order chi connectivity index (χ1) is 13.4. The Kier molecular flexibility index (Phi) is 6.70. The number of hydrogen-bond donors (Lipinski definition) is 1. The molecule has 2 aromatic rings. The van der Waals surface area contributed by atoms with Gasteiger partial charge in [-0.3, -0.25) is 9.69 Å². The van der Waals surface area contributed by atoms with Crippen LogP contribution in [0, 0.1) is 5.82 Å². The topological polar surface area (TPSA) is 115 Å². The standard InChI is InChI=1S/C17H21FN4O5S/c18-13-1-3-14(4-2-13)28(24,25)12-5-15-20-17(27-21-15)16(23)19-6-7-22-8-10-26-11-9-22/h1-4H,5-12H2,(H,19,23). The summed E-state index contributed by atoms with van der Waals surface area (Å²) in [6.45, 7) is 4.12. The van der Waals surface area contributed by atoms with E-state index in [4.69, 9.17) is 9.26 Å². The Bertz CT molecular complexity index is 895. The monoisotopic (exact) mass is 412 g/mol. The number of benzene rings is 1. The average molecular weight is 412 g/mol. The van der Waals surface area contributed by atoms with Gasteiger partial charge in [0.25, 0.3) is 0 Å². The van der Waals surface area contributed by atoms with Crippen molar-refractivity contribution in [2.45, 2.75) is 11.3 Å². The molecule has 1 aliphatic heterocycles. The smallest absolute Gasteiger partial charge is 0.315 e. The highest BCUT2D eigenvalue weighted by atomic mass is 32.2. The molecular formula is C17H21FN4O5S. The number of aryl methyl sites for hydroxylation is 1. The van der Waals surface area contributed by atoms with Crippen LogP contribution in [-0.2, 0) is 21.0 Å². The van der Waals surface area contributed by atoms with Crippen molar-refractivity contribution in [3.05, 3.63) is 41.8 Å². The molecule has 28 heavy (non-hydrogen) atoms. The number of amides is 1. The quantitative estimate of drug-likeness (QED) is 0.615. The summed E-state index contributed by atoms with van der Waals surface area (Å²) in [6.07, 6.45) is -0.0235. The number of hydrogen-bond acceptors (Lipinski definition) is 8. The number of rotatable bonds is 8. The van der Waals surface area contributed by atoms with Gasteiger partial charge in [-0.05, 0) is 24.3 Å². The molecule has 0 aliphatic carbocycles. The van der Waals surface area contributed by atoms with Crippen LogP contribution in [0.25, 0.3) is 0 Å². The fraction of sp³-hybridized carbons (Fsp3) is 0.471. The fourth-order valence-electron chi connectivity index (χ4n) is 2.66. The third kappa shape index (κ3) is 5.57. The second-order valence-electron chi connectivity index (χ2n) is 6.25. The number of aromatic nitrogens is 2. The van der Waals surface area contributed by atoms with E-state index in [1.54, 1.807) is 0 Å². The highest BCUT2D eigenvalue weighted by Crippen LogP contribution is 2.13. The summed E-state index contributed by atoms with van der Waals surface area (Å²) >= 11 is 0. The van der Waals surface area contributed by atoms with Crippen molar-refractivity contribution < 1.29 is 26.9 Å². The van der Waals surface area contributed by atoms with E-state index in [1.165, 1.54) is 12.1 Å². The van der Waals surface area contributed by atoms with E-state index in [0.717, 1.165) is 25.2 Å². The lowest BCUT2D eigenvalue weighted by molar-refractivity contribution is 0.0382. The molecule has 1 aromatic carbocycles. The summed E-state index contributed by atoms with van der Waals surface area (Å²) < 4.78 is 47.6. The lowest BCUT2D eigenvalue weighted by Gasteiger charge is -2.26. The van der Waals surface area contributed by atoms with Gasteiger partial charge < -0.3 is 14.6 Å². The van der Waals surface area contributed by atoms with Crippen molar-refractivity contribution in [1.82, 2.24) is 20.4 Å². The summed E-state index contributed by atoms with van der Waals surface area (Å²) in [5.41, 5.74) is 0. The Hall–Kier alpha value is -2.37. The maximum atomic E-state index is 12.9. The van der Waals surface area contributed by atoms with Crippen LogP contribution in [0.2, 0.25) is 0 Å². The number of carbonyl (C=O) groups excluding carboxylic acids is 1. The molecule has 2 heterocycles. The van der Waals surface area contributed by atoms with Crippen LogP contribution < -0.4 is 5.32 Å². The number of halogens is 1. The minimum absolute atomic E-state index is 0.0125. The molecule has 0 atom stereocenters. The van der Waals surface area contributed by atoms with Gasteiger partial charge in [0.15, 0.2) is 15.7 Å². The first kappa shape index (κ1) is 20.4. The average Bonchev–Trinajstić information content (AvgIpc) is 3.17. The second kappa shape index (κ2) is 9.22.